The molecule has 0 heterocycles. The fraction of sp³-hybridized carbons (Fsp3) is 0.400. The summed E-state index contributed by atoms with van der Waals surface area (Å²) in [6, 6.07) is 8.01. The molecule has 0 atom stereocenters. The van der Waals surface area contributed by atoms with Crippen molar-refractivity contribution in [3.05, 3.63) is 29.8 Å². The molecular weight excluding hydrogens is 224 g/mol. The Labute approximate surface area is 109 Å². The smallest absolute Gasteiger partial charge is 0.223 e. The van der Waals surface area contributed by atoms with E-state index in [0.717, 1.165) is 11.3 Å². The van der Waals surface area contributed by atoms with Crippen LogP contribution in [0.5, 0.6) is 0 Å². The van der Waals surface area contributed by atoms with Gasteiger partial charge in [0.15, 0.2) is 0 Å². The fourth-order valence-corrected chi connectivity index (χ4v) is 1.32. The molecule has 3 heteroatoms. The molecule has 0 unspecified atom stereocenters. The fourth-order valence-electron chi connectivity index (χ4n) is 1.32. The van der Waals surface area contributed by atoms with Crippen molar-refractivity contribution in [3.8, 4) is 11.8 Å². The summed E-state index contributed by atoms with van der Waals surface area (Å²) < 4.78 is 0. The van der Waals surface area contributed by atoms with Crippen molar-refractivity contribution in [3.63, 3.8) is 0 Å². The van der Waals surface area contributed by atoms with Gasteiger partial charge in [0, 0.05) is 31.3 Å². The topological polar surface area (TPSA) is 32.3 Å². The standard InChI is InChI=1S/C15H20N2O/c1-12(2)15(18)16-11-5-6-13-7-9-14(10-8-13)17(3)4/h7-10,12H,11H2,1-4H3,(H,16,18). The zero-order valence-electron chi connectivity index (χ0n) is 11.4. The third-order valence-corrected chi connectivity index (χ3v) is 2.49. The van der Waals surface area contributed by atoms with Gasteiger partial charge in [0.1, 0.15) is 0 Å². The van der Waals surface area contributed by atoms with Crippen LogP contribution in [0.1, 0.15) is 19.4 Å². The maximum atomic E-state index is 11.3. The van der Waals surface area contributed by atoms with Crippen LogP contribution < -0.4 is 10.2 Å². The predicted molar refractivity (Wildman–Crippen MR) is 75.5 cm³/mol. The first-order valence-electron chi connectivity index (χ1n) is 6.04. The SMILES string of the molecule is CC(C)C(=O)NCC#Cc1ccc(N(C)C)cc1. The van der Waals surface area contributed by atoms with Crippen molar-refractivity contribution in [2.24, 2.45) is 5.92 Å². The van der Waals surface area contributed by atoms with Crippen LogP contribution in [0.2, 0.25) is 0 Å². The van der Waals surface area contributed by atoms with Crippen LogP contribution in [0.4, 0.5) is 5.69 Å². The molecule has 1 amide bonds. The highest BCUT2D eigenvalue weighted by molar-refractivity contribution is 5.78. The number of benzene rings is 1. The Kier molecular flexibility index (Phi) is 5.26. The van der Waals surface area contributed by atoms with Crippen molar-refractivity contribution in [2.75, 3.05) is 25.5 Å². The van der Waals surface area contributed by atoms with Crippen LogP contribution in [0.3, 0.4) is 0 Å². The Hall–Kier alpha value is -1.95. The second kappa shape index (κ2) is 6.70. The molecule has 1 aromatic carbocycles. The number of carbonyl (C=O) groups excluding carboxylic acids is 1. The maximum Gasteiger partial charge on any atom is 0.223 e. The van der Waals surface area contributed by atoms with Crippen LogP contribution in [0.25, 0.3) is 0 Å². The summed E-state index contributed by atoms with van der Waals surface area (Å²) in [7, 11) is 4.00. The van der Waals surface area contributed by atoms with Gasteiger partial charge in [-0.2, -0.15) is 0 Å². The van der Waals surface area contributed by atoms with Gasteiger partial charge >= 0.3 is 0 Å². The Morgan fingerprint density at radius 2 is 1.89 bits per heavy atom. The molecule has 1 N–H and O–H groups in total. The monoisotopic (exact) mass is 244 g/mol. The summed E-state index contributed by atoms with van der Waals surface area (Å²) in [6.07, 6.45) is 0. The number of rotatable bonds is 3. The molecule has 1 rings (SSSR count). The molecule has 0 aliphatic carbocycles. The van der Waals surface area contributed by atoms with E-state index in [9.17, 15) is 4.79 Å². The lowest BCUT2D eigenvalue weighted by atomic mass is 10.2. The summed E-state index contributed by atoms with van der Waals surface area (Å²) in [6.45, 7) is 4.12. The van der Waals surface area contributed by atoms with E-state index >= 15 is 0 Å². The van der Waals surface area contributed by atoms with Gasteiger partial charge in [0.05, 0.1) is 6.54 Å². The van der Waals surface area contributed by atoms with Gasteiger partial charge in [-0.3, -0.25) is 4.79 Å². The summed E-state index contributed by atoms with van der Waals surface area (Å²) in [5, 5.41) is 2.76. The summed E-state index contributed by atoms with van der Waals surface area (Å²) >= 11 is 0. The number of carbonyl (C=O) groups is 1. The molecule has 0 fully saturated rings. The summed E-state index contributed by atoms with van der Waals surface area (Å²) in [5.74, 6) is 6.00. The van der Waals surface area contributed by atoms with E-state index in [2.05, 4.69) is 17.2 Å². The third kappa shape index (κ3) is 4.50. The first-order valence-corrected chi connectivity index (χ1v) is 6.04. The molecule has 0 saturated carbocycles. The maximum absolute atomic E-state index is 11.3. The number of amides is 1. The zero-order chi connectivity index (χ0) is 13.5. The van der Waals surface area contributed by atoms with Crippen molar-refractivity contribution in [2.45, 2.75) is 13.8 Å². The van der Waals surface area contributed by atoms with Gasteiger partial charge in [-0.1, -0.05) is 25.7 Å². The molecule has 3 nitrogen and oxygen atoms in total. The molecule has 0 radical (unpaired) electrons. The van der Waals surface area contributed by atoms with E-state index < -0.39 is 0 Å². The number of hydrogen-bond acceptors (Lipinski definition) is 2. The van der Waals surface area contributed by atoms with E-state index in [1.165, 1.54) is 0 Å². The van der Waals surface area contributed by atoms with Gasteiger partial charge in [-0.25, -0.2) is 0 Å². The van der Waals surface area contributed by atoms with Crippen LogP contribution in [0.15, 0.2) is 24.3 Å². The first kappa shape index (κ1) is 14.1. The van der Waals surface area contributed by atoms with Crippen molar-refractivity contribution in [1.29, 1.82) is 0 Å². The molecule has 0 saturated heterocycles. The highest BCUT2D eigenvalue weighted by Gasteiger charge is 2.03. The summed E-state index contributed by atoms with van der Waals surface area (Å²) in [5.41, 5.74) is 2.10. The molecule has 0 aromatic heterocycles. The normalized spacial score (nSPS) is 9.61. The molecular formula is C15H20N2O. The minimum atomic E-state index is 0.00572. The van der Waals surface area contributed by atoms with Crippen molar-refractivity contribution in [1.82, 2.24) is 5.32 Å². The average Bonchev–Trinajstić information content (AvgIpc) is 2.34. The van der Waals surface area contributed by atoms with Gasteiger partial charge in [-0.15, -0.1) is 0 Å². The minimum absolute atomic E-state index is 0.00572. The molecule has 0 aliphatic heterocycles. The molecule has 0 bridgehead atoms. The lowest BCUT2D eigenvalue weighted by Gasteiger charge is -2.11. The van der Waals surface area contributed by atoms with E-state index in [1.807, 2.05) is 57.1 Å². The van der Waals surface area contributed by atoms with Gasteiger partial charge in [-0.05, 0) is 24.3 Å². The molecule has 1 aromatic rings. The van der Waals surface area contributed by atoms with Crippen molar-refractivity contribution >= 4 is 11.6 Å². The largest absolute Gasteiger partial charge is 0.378 e. The van der Waals surface area contributed by atoms with E-state index in [-0.39, 0.29) is 11.8 Å². The molecule has 96 valence electrons. The lowest BCUT2D eigenvalue weighted by molar-refractivity contribution is -0.123. The Morgan fingerprint density at radius 1 is 1.28 bits per heavy atom. The van der Waals surface area contributed by atoms with Crippen LogP contribution in [-0.4, -0.2) is 26.5 Å². The van der Waals surface area contributed by atoms with Crippen LogP contribution >= 0.6 is 0 Å². The highest BCUT2D eigenvalue weighted by Crippen LogP contribution is 2.11. The molecule has 0 spiro atoms. The summed E-state index contributed by atoms with van der Waals surface area (Å²) in [4.78, 5) is 13.3. The Bertz CT molecular complexity index is 450. The first-order chi connectivity index (χ1) is 8.50. The quantitative estimate of drug-likeness (QED) is 0.823. The average molecular weight is 244 g/mol. The van der Waals surface area contributed by atoms with Crippen LogP contribution in [0, 0.1) is 17.8 Å². The molecule has 18 heavy (non-hydrogen) atoms. The minimum Gasteiger partial charge on any atom is -0.378 e. The molecule has 0 aliphatic rings. The predicted octanol–water partition coefficient (Wildman–Crippen LogP) is 1.88. The van der Waals surface area contributed by atoms with E-state index in [4.69, 9.17) is 0 Å². The number of anilines is 1. The second-order valence-corrected chi connectivity index (χ2v) is 4.62. The zero-order valence-corrected chi connectivity index (χ0v) is 11.4. The van der Waals surface area contributed by atoms with Crippen molar-refractivity contribution < 1.29 is 4.79 Å². The number of nitrogens with zero attached hydrogens (tertiary/aromatic N) is 1. The van der Waals surface area contributed by atoms with Crippen LogP contribution in [-0.2, 0) is 4.79 Å². The van der Waals surface area contributed by atoms with Gasteiger partial charge in [0.2, 0.25) is 5.91 Å². The Balaban J connectivity index is 2.51. The third-order valence-electron chi connectivity index (χ3n) is 2.49. The van der Waals surface area contributed by atoms with E-state index in [1.54, 1.807) is 0 Å². The number of hydrogen-bond donors (Lipinski definition) is 1. The second-order valence-electron chi connectivity index (χ2n) is 4.62. The highest BCUT2D eigenvalue weighted by atomic mass is 16.1. The Morgan fingerprint density at radius 3 is 2.39 bits per heavy atom. The lowest BCUT2D eigenvalue weighted by Crippen LogP contribution is -2.27. The number of nitrogens with one attached hydrogen (secondary N) is 1. The van der Waals surface area contributed by atoms with Gasteiger partial charge in [0.25, 0.3) is 0 Å². The van der Waals surface area contributed by atoms with Gasteiger partial charge < -0.3 is 10.2 Å². The van der Waals surface area contributed by atoms with E-state index in [0.29, 0.717) is 6.54 Å².